The average Bonchev–Trinajstić information content (AvgIpc) is 2.62. The van der Waals surface area contributed by atoms with E-state index < -0.39 is 0 Å². The second-order valence-electron chi connectivity index (χ2n) is 4.51. The highest BCUT2D eigenvalue weighted by Gasteiger charge is 2.15. The lowest BCUT2D eigenvalue weighted by atomic mass is 9.90. The molecule has 14 heavy (non-hydrogen) atoms. The molecule has 0 amide bonds. The fourth-order valence-corrected chi connectivity index (χ4v) is 1.38. The van der Waals surface area contributed by atoms with E-state index in [2.05, 4.69) is 30.3 Å². The Bertz CT molecular complexity index is 276. The highest BCUT2D eigenvalue weighted by molar-refractivity contribution is 4.91. The molecule has 3 nitrogen and oxygen atoms in total. The van der Waals surface area contributed by atoms with E-state index in [-0.39, 0.29) is 5.41 Å². The van der Waals surface area contributed by atoms with Crippen LogP contribution in [0.25, 0.3) is 0 Å². The maximum atomic E-state index is 5.69. The highest BCUT2D eigenvalue weighted by Crippen LogP contribution is 2.19. The van der Waals surface area contributed by atoms with Crippen LogP contribution in [0.5, 0.6) is 0 Å². The number of nitrogens with zero attached hydrogens (tertiary/aromatic N) is 2. The van der Waals surface area contributed by atoms with Crippen LogP contribution in [0.3, 0.4) is 0 Å². The van der Waals surface area contributed by atoms with Gasteiger partial charge in [-0.15, -0.1) is 0 Å². The van der Waals surface area contributed by atoms with Crippen molar-refractivity contribution >= 4 is 0 Å². The first-order valence-electron chi connectivity index (χ1n) is 5.29. The second-order valence-corrected chi connectivity index (χ2v) is 4.51. The molecule has 0 bridgehead atoms. The van der Waals surface area contributed by atoms with Crippen molar-refractivity contribution in [2.45, 2.75) is 40.2 Å². The van der Waals surface area contributed by atoms with Crippen molar-refractivity contribution < 1.29 is 0 Å². The predicted octanol–water partition coefficient (Wildman–Crippen LogP) is 1.82. The maximum Gasteiger partial charge on any atom is 0.108 e. The van der Waals surface area contributed by atoms with Crippen molar-refractivity contribution in [2.75, 3.05) is 6.54 Å². The van der Waals surface area contributed by atoms with E-state index in [4.69, 9.17) is 5.73 Å². The Morgan fingerprint density at radius 3 is 2.79 bits per heavy atom. The lowest BCUT2D eigenvalue weighted by molar-refractivity contribution is 0.322. The van der Waals surface area contributed by atoms with E-state index in [1.54, 1.807) is 0 Å². The summed E-state index contributed by atoms with van der Waals surface area (Å²) in [4.78, 5) is 4.29. The number of nitrogens with two attached hydrogens (primary N) is 1. The molecule has 80 valence electrons. The SMILES string of the molecule is CCc1nccn1CCC(C)(C)CN. The molecule has 1 rings (SSSR count). The summed E-state index contributed by atoms with van der Waals surface area (Å²) >= 11 is 0. The third kappa shape index (κ3) is 2.84. The Morgan fingerprint density at radius 2 is 2.21 bits per heavy atom. The molecule has 0 unspecified atom stereocenters. The number of aromatic nitrogens is 2. The van der Waals surface area contributed by atoms with Crippen molar-refractivity contribution in [3.8, 4) is 0 Å². The lowest BCUT2D eigenvalue weighted by Gasteiger charge is -2.22. The minimum Gasteiger partial charge on any atom is -0.335 e. The topological polar surface area (TPSA) is 43.8 Å². The van der Waals surface area contributed by atoms with Crippen LogP contribution >= 0.6 is 0 Å². The van der Waals surface area contributed by atoms with Crippen LogP contribution in [-0.4, -0.2) is 16.1 Å². The minimum absolute atomic E-state index is 0.231. The number of hydrogen-bond acceptors (Lipinski definition) is 2. The van der Waals surface area contributed by atoms with E-state index >= 15 is 0 Å². The molecular formula is C11H21N3. The van der Waals surface area contributed by atoms with Crippen molar-refractivity contribution in [1.29, 1.82) is 0 Å². The second kappa shape index (κ2) is 4.60. The fraction of sp³-hybridized carbons (Fsp3) is 0.727. The van der Waals surface area contributed by atoms with Crippen LogP contribution in [-0.2, 0) is 13.0 Å². The van der Waals surface area contributed by atoms with Crippen LogP contribution in [0.2, 0.25) is 0 Å². The summed E-state index contributed by atoms with van der Waals surface area (Å²) in [5.41, 5.74) is 5.92. The summed E-state index contributed by atoms with van der Waals surface area (Å²) in [6, 6.07) is 0. The Balaban J connectivity index is 2.53. The molecule has 0 saturated heterocycles. The van der Waals surface area contributed by atoms with Gasteiger partial charge in [0.2, 0.25) is 0 Å². The van der Waals surface area contributed by atoms with Gasteiger partial charge in [0.15, 0.2) is 0 Å². The molecule has 0 radical (unpaired) electrons. The van der Waals surface area contributed by atoms with Gasteiger partial charge in [-0.2, -0.15) is 0 Å². The molecule has 0 saturated carbocycles. The smallest absolute Gasteiger partial charge is 0.108 e. The van der Waals surface area contributed by atoms with E-state index in [1.807, 2.05) is 12.4 Å². The van der Waals surface area contributed by atoms with Gasteiger partial charge in [-0.25, -0.2) is 4.98 Å². The minimum atomic E-state index is 0.231. The zero-order valence-corrected chi connectivity index (χ0v) is 9.45. The largest absolute Gasteiger partial charge is 0.335 e. The molecular weight excluding hydrogens is 174 g/mol. The molecule has 0 aliphatic carbocycles. The first-order chi connectivity index (χ1) is 6.59. The van der Waals surface area contributed by atoms with Crippen LogP contribution in [0, 0.1) is 5.41 Å². The number of rotatable bonds is 5. The molecule has 1 aromatic heterocycles. The van der Waals surface area contributed by atoms with E-state index in [0.717, 1.165) is 31.8 Å². The molecule has 1 heterocycles. The van der Waals surface area contributed by atoms with Crippen LogP contribution in [0.15, 0.2) is 12.4 Å². The molecule has 1 aromatic rings. The molecule has 0 fully saturated rings. The first kappa shape index (κ1) is 11.2. The molecule has 0 aliphatic heterocycles. The van der Waals surface area contributed by atoms with E-state index in [9.17, 15) is 0 Å². The van der Waals surface area contributed by atoms with Gasteiger partial charge in [-0.1, -0.05) is 20.8 Å². The lowest BCUT2D eigenvalue weighted by Crippen LogP contribution is -2.25. The highest BCUT2D eigenvalue weighted by atomic mass is 15.1. The van der Waals surface area contributed by atoms with Gasteiger partial charge >= 0.3 is 0 Å². The quantitative estimate of drug-likeness (QED) is 0.779. The van der Waals surface area contributed by atoms with Crippen LogP contribution < -0.4 is 5.73 Å². The van der Waals surface area contributed by atoms with Gasteiger partial charge in [0.25, 0.3) is 0 Å². The molecule has 2 N–H and O–H groups in total. The maximum absolute atomic E-state index is 5.69. The zero-order valence-electron chi connectivity index (χ0n) is 9.45. The van der Waals surface area contributed by atoms with Gasteiger partial charge in [-0.3, -0.25) is 0 Å². The van der Waals surface area contributed by atoms with Crippen molar-refractivity contribution in [3.63, 3.8) is 0 Å². The van der Waals surface area contributed by atoms with Crippen molar-refractivity contribution in [1.82, 2.24) is 9.55 Å². The molecule has 0 aromatic carbocycles. The van der Waals surface area contributed by atoms with E-state index in [0.29, 0.717) is 0 Å². The normalized spacial score (nSPS) is 12.0. The van der Waals surface area contributed by atoms with Gasteiger partial charge in [-0.05, 0) is 18.4 Å². The van der Waals surface area contributed by atoms with Crippen molar-refractivity contribution in [3.05, 3.63) is 18.2 Å². The van der Waals surface area contributed by atoms with Crippen LogP contribution in [0.1, 0.15) is 33.0 Å². The Labute approximate surface area is 86.3 Å². The van der Waals surface area contributed by atoms with Gasteiger partial charge < -0.3 is 10.3 Å². The molecule has 0 aliphatic rings. The van der Waals surface area contributed by atoms with Crippen LogP contribution in [0.4, 0.5) is 0 Å². The van der Waals surface area contributed by atoms with E-state index in [1.165, 1.54) is 0 Å². The molecule has 0 atom stereocenters. The average molecular weight is 195 g/mol. The Hall–Kier alpha value is -0.830. The summed E-state index contributed by atoms with van der Waals surface area (Å²) in [7, 11) is 0. The predicted molar refractivity (Wildman–Crippen MR) is 59.1 cm³/mol. The summed E-state index contributed by atoms with van der Waals surface area (Å²) in [6.45, 7) is 8.30. The number of imidazole rings is 1. The monoisotopic (exact) mass is 195 g/mol. The van der Waals surface area contributed by atoms with Gasteiger partial charge in [0, 0.05) is 25.4 Å². The summed E-state index contributed by atoms with van der Waals surface area (Å²) in [5, 5.41) is 0. The van der Waals surface area contributed by atoms with Crippen molar-refractivity contribution in [2.24, 2.45) is 11.1 Å². The fourth-order valence-electron chi connectivity index (χ4n) is 1.38. The van der Waals surface area contributed by atoms with Gasteiger partial charge in [0.1, 0.15) is 5.82 Å². The number of aryl methyl sites for hydroxylation is 2. The first-order valence-corrected chi connectivity index (χ1v) is 5.29. The van der Waals surface area contributed by atoms with Gasteiger partial charge in [0.05, 0.1) is 0 Å². The molecule has 0 spiro atoms. The zero-order chi connectivity index (χ0) is 10.6. The third-order valence-electron chi connectivity index (χ3n) is 2.70. The third-order valence-corrected chi connectivity index (χ3v) is 2.70. The summed E-state index contributed by atoms with van der Waals surface area (Å²) in [5.74, 6) is 1.16. The summed E-state index contributed by atoms with van der Waals surface area (Å²) < 4.78 is 2.22. The standard InChI is InChI=1S/C11H21N3/c1-4-10-13-6-8-14(10)7-5-11(2,3)9-12/h6,8H,4-5,7,9,12H2,1-3H3. The summed E-state index contributed by atoms with van der Waals surface area (Å²) in [6.07, 6.45) is 6.02. The Kier molecular flexibility index (Phi) is 3.69. The number of hydrogen-bond donors (Lipinski definition) is 1. The molecule has 3 heteroatoms. The Morgan fingerprint density at radius 1 is 1.50 bits per heavy atom.